The first-order valence-corrected chi connectivity index (χ1v) is 9.70. The molecule has 0 aliphatic rings. The summed E-state index contributed by atoms with van der Waals surface area (Å²) in [6.07, 6.45) is 4.25. The van der Waals surface area contributed by atoms with Crippen LogP contribution in [-0.4, -0.2) is 84.0 Å². The van der Waals surface area contributed by atoms with E-state index in [4.69, 9.17) is 9.47 Å². The Morgan fingerprint density at radius 3 is 1.62 bits per heavy atom. The summed E-state index contributed by atoms with van der Waals surface area (Å²) >= 11 is 0. The number of aliphatic hydroxyl groups excluding tert-OH is 5. The van der Waals surface area contributed by atoms with E-state index < -0.39 is 36.3 Å². The van der Waals surface area contributed by atoms with Crippen molar-refractivity contribution in [2.75, 3.05) is 52.9 Å². The van der Waals surface area contributed by atoms with Crippen molar-refractivity contribution in [2.24, 2.45) is 10.8 Å². The number of unbranched alkanes of at least 4 members (excludes halogenated alkanes) is 2. The van der Waals surface area contributed by atoms with Crippen molar-refractivity contribution in [3.63, 3.8) is 0 Å². The minimum absolute atomic E-state index is 0.00277. The molecule has 0 aromatic rings. The molecule has 0 fully saturated rings. The first kappa shape index (κ1) is 25.7. The van der Waals surface area contributed by atoms with Gasteiger partial charge in [-0.3, -0.25) is 0 Å². The maximum Gasteiger partial charge on any atom is 0.0799 e. The highest BCUT2D eigenvalue weighted by molar-refractivity contribution is 4.99. The van der Waals surface area contributed by atoms with Gasteiger partial charge in [0.15, 0.2) is 0 Å². The Labute approximate surface area is 158 Å². The highest BCUT2D eigenvalue weighted by atomic mass is 16.5. The fourth-order valence-corrected chi connectivity index (χ4v) is 3.29. The summed E-state index contributed by atoms with van der Waals surface area (Å²) in [4.78, 5) is 0. The van der Waals surface area contributed by atoms with Gasteiger partial charge in [0.25, 0.3) is 0 Å². The van der Waals surface area contributed by atoms with Crippen LogP contribution in [0.2, 0.25) is 0 Å². The van der Waals surface area contributed by atoms with Crippen LogP contribution in [0.5, 0.6) is 0 Å². The van der Waals surface area contributed by atoms with Crippen molar-refractivity contribution in [1.29, 1.82) is 0 Å². The van der Waals surface area contributed by atoms with Crippen LogP contribution in [0.4, 0.5) is 0 Å². The van der Waals surface area contributed by atoms with Gasteiger partial charge >= 0.3 is 0 Å². The summed E-state index contributed by atoms with van der Waals surface area (Å²) in [5.74, 6) is 0. The number of hydrogen-bond donors (Lipinski definition) is 5. The lowest BCUT2D eigenvalue weighted by atomic mass is 9.69. The molecule has 0 aromatic carbocycles. The second-order valence-electron chi connectivity index (χ2n) is 7.32. The standard InChI is InChI=1S/C19H40O7/c1-4-7-8-9-26-19(5-2,6-3)18(13-23,14-24)16-25-15-17(10-20,11-21)12-22/h20-24H,4-16H2,1-3H3. The second kappa shape index (κ2) is 13.0. The fourth-order valence-electron chi connectivity index (χ4n) is 3.29. The van der Waals surface area contributed by atoms with Gasteiger partial charge in [0.2, 0.25) is 0 Å². The molecule has 26 heavy (non-hydrogen) atoms. The zero-order valence-corrected chi connectivity index (χ0v) is 16.7. The Bertz CT molecular complexity index is 329. The third kappa shape index (κ3) is 6.12. The molecule has 0 spiro atoms. The molecule has 0 heterocycles. The predicted octanol–water partition coefficient (Wildman–Crippen LogP) is 0.703. The Hall–Kier alpha value is -0.280. The lowest BCUT2D eigenvalue weighted by Crippen LogP contribution is -2.57. The van der Waals surface area contributed by atoms with E-state index in [-0.39, 0.29) is 26.4 Å². The smallest absolute Gasteiger partial charge is 0.0799 e. The van der Waals surface area contributed by atoms with E-state index in [0.29, 0.717) is 19.4 Å². The third-order valence-corrected chi connectivity index (χ3v) is 5.63. The molecular formula is C19H40O7. The van der Waals surface area contributed by atoms with Crippen LogP contribution in [0.25, 0.3) is 0 Å². The van der Waals surface area contributed by atoms with E-state index in [1.54, 1.807) is 0 Å². The van der Waals surface area contributed by atoms with Gasteiger partial charge in [-0.25, -0.2) is 0 Å². The van der Waals surface area contributed by atoms with Gasteiger partial charge in [-0.2, -0.15) is 0 Å². The zero-order valence-electron chi connectivity index (χ0n) is 16.7. The van der Waals surface area contributed by atoms with Crippen molar-refractivity contribution in [1.82, 2.24) is 0 Å². The first-order chi connectivity index (χ1) is 12.4. The normalized spacial score (nSPS) is 13.4. The summed E-state index contributed by atoms with van der Waals surface area (Å²) in [5, 5.41) is 48.5. The largest absolute Gasteiger partial charge is 0.396 e. The van der Waals surface area contributed by atoms with Crippen molar-refractivity contribution in [3.05, 3.63) is 0 Å². The fraction of sp³-hybridized carbons (Fsp3) is 1.00. The average molecular weight is 381 g/mol. The van der Waals surface area contributed by atoms with Crippen LogP contribution in [0.15, 0.2) is 0 Å². The SMILES string of the molecule is CCCCCOC(CC)(CC)C(CO)(CO)COCC(CO)(CO)CO. The molecule has 0 radical (unpaired) electrons. The second-order valence-corrected chi connectivity index (χ2v) is 7.32. The maximum atomic E-state index is 10.1. The molecule has 0 atom stereocenters. The molecule has 0 aromatic heterocycles. The van der Waals surface area contributed by atoms with Crippen LogP contribution in [0.1, 0.15) is 52.9 Å². The van der Waals surface area contributed by atoms with E-state index in [2.05, 4.69) is 6.92 Å². The molecular weight excluding hydrogens is 340 g/mol. The van der Waals surface area contributed by atoms with E-state index in [0.717, 1.165) is 19.3 Å². The number of hydrogen-bond acceptors (Lipinski definition) is 7. The quantitative estimate of drug-likeness (QED) is 0.236. The van der Waals surface area contributed by atoms with Crippen LogP contribution in [-0.2, 0) is 9.47 Å². The predicted molar refractivity (Wildman–Crippen MR) is 99.9 cm³/mol. The maximum absolute atomic E-state index is 10.1. The number of aliphatic hydroxyl groups is 5. The molecule has 7 heteroatoms. The van der Waals surface area contributed by atoms with E-state index in [1.165, 1.54) is 0 Å². The summed E-state index contributed by atoms with van der Waals surface area (Å²) < 4.78 is 11.9. The van der Waals surface area contributed by atoms with Gasteiger partial charge in [-0.1, -0.05) is 33.6 Å². The lowest BCUT2D eigenvalue weighted by Gasteiger charge is -2.48. The molecule has 0 unspecified atom stereocenters. The molecule has 0 aliphatic heterocycles. The van der Waals surface area contributed by atoms with Crippen molar-refractivity contribution < 1.29 is 35.0 Å². The highest BCUT2D eigenvalue weighted by Gasteiger charge is 2.50. The van der Waals surface area contributed by atoms with Crippen molar-refractivity contribution in [2.45, 2.75) is 58.5 Å². The lowest BCUT2D eigenvalue weighted by molar-refractivity contribution is -0.202. The van der Waals surface area contributed by atoms with Crippen LogP contribution >= 0.6 is 0 Å². The Balaban J connectivity index is 5.25. The van der Waals surface area contributed by atoms with Gasteiger partial charge < -0.3 is 35.0 Å². The van der Waals surface area contributed by atoms with E-state index in [9.17, 15) is 25.5 Å². The molecule has 7 nitrogen and oxygen atoms in total. The van der Waals surface area contributed by atoms with Crippen LogP contribution in [0.3, 0.4) is 0 Å². The monoisotopic (exact) mass is 380 g/mol. The zero-order chi connectivity index (χ0) is 20.1. The third-order valence-electron chi connectivity index (χ3n) is 5.63. The number of ether oxygens (including phenoxy) is 2. The minimum Gasteiger partial charge on any atom is -0.396 e. The van der Waals surface area contributed by atoms with Crippen LogP contribution < -0.4 is 0 Å². The van der Waals surface area contributed by atoms with Gasteiger partial charge in [-0.05, 0) is 19.3 Å². The average Bonchev–Trinajstić information content (AvgIpc) is 2.70. The highest BCUT2D eigenvalue weighted by Crippen LogP contribution is 2.41. The molecule has 0 amide bonds. The van der Waals surface area contributed by atoms with E-state index in [1.807, 2.05) is 13.8 Å². The molecule has 0 aliphatic carbocycles. The topological polar surface area (TPSA) is 120 Å². The Kier molecular flexibility index (Phi) is 12.9. The van der Waals surface area contributed by atoms with Gasteiger partial charge in [0.05, 0.1) is 62.7 Å². The summed E-state index contributed by atoms with van der Waals surface area (Å²) in [6, 6.07) is 0. The number of rotatable bonds is 17. The molecule has 0 rings (SSSR count). The summed E-state index contributed by atoms with van der Waals surface area (Å²) in [6.45, 7) is 4.59. The summed E-state index contributed by atoms with van der Waals surface area (Å²) in [7, 11) is 0. The van der Waals surface area contributed by atoms with Gasteiger partial charge in [0.1, 0.15) is 0 Å². The molecule has 0 saturated carbocycles. The molecule has 0 bridgehead atoms. The Morgan fingerprint density at radius 2 is 1.23 bits per heavy atom. The Morgan fingerprint density at radius 1 is 0.692 bits per heavy atom. The van der Waals surface area contributed by atoms with Crippen molar-refractivity contribution in [3.8, 4) is 0 Å². The molecule has 158 valence electrons. The van der Waals surface area contributed by atoms with Crippen molar-refractivity contribution >= 4 is 0 Å². The van der Waals surface area contributed by atoms with Crippen LogP contribution in [0, 0.1) is 10.8 Å². The minimum atomic E-state index is -1.15. The van der Waals surface area contributed by atoms with E-state index >= 15 is 0 Å². The molecule has 5 N–H and O–H groups in total. The summed E-state index contributed by atoms with van der Waals surface area (Å²) in [5.41, 5.74) is -2.92. The first-order valence-electron chi connectivity index (χ1n) is 9.70. The van der Waals surface area contributed by atoms with Gasteiger partial charge in [-0.15, -0.1) is 0 Å². The van der Waals surface area contributed by atoms with Gasteiger partial charge in [0, 0.05) is 6.61 Å². The molecule has 0 saturated heterocycles.